The molecule has 1 heterocycles. The molecule has 1 aromatic heterocycles. The van der Waals surface area contributed by atoms with Crippen LogP contribution in [0.3, 0.4) is 0 Å². The topological polar surface area (TPSA) is 54.9 Å². The van der Waals surface area contributed by atoms with Crippen molar-refractivity contribution in [2.24, 2.45) is 5.92 Å². The smallest absolute Gasteiger partial charge is 0.239 e. The van der Waals surface area contributed by atoms with E-state index in [0.29, 0.717) is 11.0 Å². The second-order valence-electron chi connectivity index (χ2n) is 3.96. The highest BCUT2D eigenvalue weighted by Crippen LogP contribution is 2.19. The average Bonchev–Trinajstić information content (AvgIpc) is 2.63. The molecule has 1 N–H and O–H groups in total. The molecule has 0 saturated carbocycles. The fraction of sp³-hybridized carbons (Fsp3) is 0.700. The number of amides is 1. The normalized spacial score (nSPS) is 12.8. The molecule has 1 rings (SSSR count). The van der Waals surface area contributed by atoms with Crippen LogP contribution in [0.1, 0.15) is 32.2 Å². The van der Waals surface area contributed by atoms with E-state index >= 15 is 0 Å². The number of anilines is 1. The number of carbonyl (C=O) groups excluding carboxylic acids is 1. The predicted octanol–water partition coefficient (Wildman–Crippen LogP) is 2.85. The SMILES string of the molecule is CCC(Br)C(=O)Nc1nnc(CC(C)C)s1. The maximum Gasteiger partial charge on any atom is 0.239 e. The van der Waals surface area contributed by atoms with Gasteiger partial charge in [-0.15, -0.1) is 10.2 Å². The molecule has 0 aliphatic rings. The van der Waals surface area contributed by atoms with Gasteiger partial charge < -0.3 is 0 Å². The third kappa shape index (κ3) is 4.17. The van der Waals surface area contributed by atoms with Gasteiger partial charge in [0.2, 0.25) is 11.0 Å². The minimum absolute atomic E-state index is 0.0604. The highest BCUT2D eigenvalue weighted by Gasteiger charge is 2.14. The Morgan fingerprint density at radius 2 is 2.19 bits per heavy atom. The van der Waals surface area contributed by atoms with Gasteiger partial charge in [0.05, 0.1) is 4.83 Å². The van der Waals surface area contributed by atoms with Gasteiger partial charge in [0.1, 0.15) is 5.01 Å². The summed E-state index contributed by atoms with van der Waals surface area (Å²) in [4.78, 5) is 11.4. The van der Waals surface area contributed by atoms with Gasteiger partial charge in [-0.2, -0.15) is 0 Å². The molecule has 1 aromatic rings. The standard InChI is InChI=1S/C10H16BrN3OS/c1-4-7(11)9(15)12-10-14-13-8(16-10)5-6(2)3/h6-7H,4-5H2,1-3H3,(H,12,14,15). The Labute approximate surface area is 108 Å². The van der Waals surface area contributed by atoms with Crippen molar-refractivity contribution in [1.29, 1.82) is 0 Å². The number of hydrogen-bond acceptors (Lipinski definition) is 4. The molecule has 1 unspecified atom stereocenters. The zero-order valence-electron chi connectivity index (χ0n) is 9.66. The van der Waals surface area contributed by atoms with Crippen molar-refractivity contribution in [3.63, 3.8) is 0 Å². The molecular formula is C10H16BrN3OS. The van der Waals surface area contributed by atoms with E-state index in [0.717, 1.165) is 17.8 Å². The Morgan fingerprint density at radius 3 is 2.75 bits per heavy atom. The lowest BCUT2D eigenvalue weighted by molar-refractivity contribution is -0.115. The van der Waals surface area contributed by atoms with Crippen LogP contribution in [-0.4, -0.2) is 20.9 Å². The maximum atomic E-state index is 11.6. The van der Waals surface area contributed by atoms with Crippen molar-refractivity contribution in [3.05, 3.63) is 5.01 Å². The second-order valence-corrected chi connectivity index (χ2v) is 6.13. The number of carbonyl (C=O) groups is 1. The molecule has 0 aliphatic carbocycles. The summed E-state index contributed by atoms with van der Waals surface area (Å²) in [5.41, 5.74) is 0. The first-order valence-electron chi connectivity index (χ1n) is 5.30. The number of alkyl halides is 1. The first-order valence-corrected chi connectivity index (χ1v) is 7.03. The predicted molar refractivity (Wildman–Crippen MR) is 70.1 cm³/mol. The molecule has 1 amide bonds. The second kappa shape index (κ2) is 6.30. The van der Waals surface area contributed by atoms with Crippen molar-refractivity contribution < 1.29 is 4.79 Å². The van der Waals surface area contributed by atoms with Crippen LogP contribution in [0.2, 0.25) is 0 Å². The van der Waals surface area contributed by atoms with Crippen LogP contribution in [0, 0.1) is 5.92 Å². The minimum Gasteiger partial charge on any atom is -0.300 e. The van der Waals surface area contributed by atoms with Crippen molar-refractivity contribution in [2.45, 2.75) is 38.4 Å². The fourth-order valence-corrected chi connectivity index (χ4v) is 2.17. The lowest BCUT2D eigenvalue weighted by Gasteiger charge is -2.04. The molecule has 1 atom stereocenters. The van der Waals surface area contributed by atoms with Crippen molar-refractivity contribution in [3.8, 4) is 0 Å². The van der Waals surface area contributed by atoms with Gasteiger partial charge in [-0.3, -0.25) is 10.1 Å². The van der Waals surface area contributed by atoms with E-state index in [4.69, 9.17) is 0 Å². The Bertz CT molecular complexity index is 354. The summed E-state index contributed by atoms with van der Waals surface area (Å²) >= 11 is 4.73. The van der Waals surface area contributed by atoms with Gasteiger partial charge >= 0.3 is 0 Å². The first kappa shape index (κ1) is 13.6. The Balaban J connectivity index is 2.55. The average molecular weight is 306 g/mol. The number of nitrogens with one attached hydrogen (secondary N) is 1. The van der Waals surface area contributed by atoms with Crippen LogP contribution >= 0.6 is 27.3 Å². The number of halogens is 1. The van der Waals surface area contributed by atoms with Crippen LogP contribution < -0.4 is 5.32 Å². The molecule has 0 fully saturated rings. The van der Waals surface area contributed by atoms with Crippen LogP contribution in [0.5, 0.6) is 0 Å². The van der Waals surface area contributed by atoms with Crippen LogP contribution in [0.25, 0.3) is 0 Å². The lowest BCUT2D eigenvalue weighted by atomic mass is 10.1. The van der Waals surface area contributed by atoms with Crippen molar-refractivity contribution in [1.82, 2.24) is 10.2 Å². The Morgan fingerprint density at radius 1 is 1.50 bits per heavy atom. The van der Waals surface area contributed by atoms with E-state index in [2.05, 4.69) is 45.3 Å². The van der Waals surface area contributed by atoms with Crippen LogP contribution in [-0.2, 0) is 11.2 Å². The van der Waals surface area contributed by atoms with Gasteiger partial charge in [0, 0.05) is 6.42 Å². The summed E-state index contributed by atoms with van der Waals surface area (Å²) in [5, 5.41) is 12.3. The highest BCUT2D eigenvalue weighted by molar-refractivity contribution is 9.10. The molecule has 0 aromatic carbocycles. The molecule has 4 nitrogen and oxygen atoms in total. The molecule has 0 bridgehead atoms. The van der Waals surface area contributed by atoms with E-state index in [9.17, 15) is 4.79 Å². The summed E-state index contributed by atoms with van der Waals surface area (Å²) in [7, 11) is 0. The summed E-state index contributed by atoms with van der Waals surface area (Å²) in [5.74, 6) is 0.491. The number of rotatable bonds is 5. The first-order chi connectivity index (χ1) is 7.52. The maximum absolute atomic E-state index is 11.6. The summed E-state index contributed by atoms with van der Waals surface area (Å²) in [6, 6.07) is 0. The minimum atomic E-state index is -0.162. The quantitative estimate of drug-likeness (QED) is 0.851. The van der Waals surface area contributed by atoms with E-state index in [1.165, 1.54) is 11.3 Å². The molecule has 90 valence electrons. The van der Waals surface area contributed by atoms with E-state index in [-0.39, 0.29) is 10.7 Å². The summed E-state index contributed by atoms with van der Waals surface area (Å²) < 4.78 is 0. The van der Waals surface area contributed by atoms with Gasteiger partial charge in [-0.05, 0) is 12.3 Å². The van der Waals surface area contributed by atoms with Crippen molar-refractivity contribution in [2.75, 3.05) is 5.32 Å². The summed E-state index contributed by atoms with van der Waals surface area (Å²) in [6.07, 6.45) is 1.66. The van der Waals surface area contributed by atoms with Crippen LogP contribution in [0.15, 0.2) is 0 Å². The molecule has 0 aliphatic heterocycles. The van der Waals surface area contributed by atoms with E-state index < -0.39 is 0 Å². The van der Waals surface area contributed by atoms with Gasteiger partial charge in [-0.1, -0.05) is 48.0 Å². The largest absolute Gasteiger partial charge is 0.300 e. The monoisotopic (exact) mass is 305 g/mol. The molecule has 0 spiro atoms. The molecular weight excluding hydrogens is 290 g/mol. The van der Waals surface area contributed by atoms with Crippen molar-refractivity contribution >= 4 is 38.3 Å². The van der Waals surface area contributed by atoms with E-state index in [1.54, 1.807) is 0 Å². The number of aromatic nitrogens is 2. The zero-order chi connectivity index (χ0) is 12.1. The van der Waals surface area contributed by atoms with Gasteiger partial charge in [0.15, 0.2) is 0 Å². The molecule has 0 saturated heterocycles. The summed E-state index contributed by atoms with van der Waals surface area (Å²) in [6.45, 7) is 6.21. The molecule has 0 radical (unpaired) electrons. The van der Waals surface area contributed by atoms with Crippen LogP contribution in [0.4, 0.5) is 5.13 Å². The molecule has 16 heavy (non-hydrogen) atoms. The lowest BCUT2D eigenvalue weighted by Crippen LogP contribution is -2.21. The van der Waals surface area contributed by atoms with Gasteiger partial charge in [0.25, 0.3) is 0 Å². The third-order valence-corrected chi connectivity index (χ3v) is 3.85. The molecule has 6 heteroatoms. The highest BCUT2D eigenvalue weighted by atomic mass is 79.9. The number of hydrogen-bond donors (Lipinski definition) is 1. The Hall–Kier alpha value is -0.490. The van der Waals surface area contributed by atoms with Gasteiger partial charge in [-0.25, -0.2) is 0 Å². The Kier molecular flexibility index (Phi) is 5.34. The van der Waals surface area contributed by atoms with E-state index in [1.807, 2.05) is 6.92 Å². The fourth-order valence-electron chi connectivity index (χ4n) is 1.10. The zero-order valence-corrected chi connectivity index (χ0v) is 12.1. The third-order valence-electron chi connectivity index (χ3n) is 1.92. The number of nitrogens with zero attached hydrogens (tertiary/aromatic N) is 2.